The van der Waals surface area contributed by atoms with E-state index in [1.807, 2.05) is 23.6 Å². The van der Waals surface area contributed by atoms with E-state index in [1.165, 1.54) is 21.2 Å². The van der Waals surface area contributed by atoms with Crippen molar-refractivity contribution in [3.63, 3.8) is 0 Å². The van der Waals surface area contributed by atoms with Crippen molar-refractivity contribution in [1.82, 2.24) is 10.3 Å². The lowest BCUT2D eigenvalue weighted by molar-refractivity contribution is 0.538. The number of pyridine rings is 1. The van der Waals surface area contributed by atoms with Gasteiger partial charge in [-0.1, -0.05) is 25.1 Å². The van der Waals surface area contributed by atoms with Crippen LogP contribution in [0.15, 0.2) is 48.0 Å². The van der Waals surface area contributed by atoms with Crippen LogP contribution in [0.1, 0.15) is 29.8 Å². The highest BCUT2D eigenvalue weighted by Gasteiger charge is 2.15. The van der Waals surface area contributed by atoms with E-state index in [1.54, 1.807) is 0 Å². The van der Waals surface area contributed by atoms with Crippen molar-refractivity contribution in [2.75, 3.05) is 6.54 Å². The van der Waals surface area contributed by atoms with Gasteiger partial charge in [0.2, 0.25) is 0 Å². The number of fused-ring (bicyclic) bond motifs is 1. The largest absolute Gasteiger partial charge is 0.309 e. The van der Waals surface area contributed by atoms with E-state index in [0.717, 1.165) is 18.7 Å². The van der Waals surface area contributed by atoms with Gasteiger partial charge < -0.3 is 5.32 Å². The first kappa shape index (κ1) is 14.2. The van der Waals surface area contributed by atoms with E-state index in [0.29, 0.717) is 0 Å². The summed E-state index contributed by atoms with van der Waals surface area (Å²) in [5.74, 6) is 0. The summed E-state index contributed by atoms with van der Waals surface area (Å²) < 4.78 is 1.36. The fourth-order valence-corrected chi connectivity index (χ4v) is 3.66. The highest BCUT2D eigenvalue weighted by atomic mass is 32.1. The van der Waals surface area contributed by atoms with E-state index < -0.39 is 0 Å². The molecule has 0 aliphatic carbocycles. The molecular formula is C18H20N2S. The van der Waals surface area contributed by atoms with E-state index in [-0.39, 0.29) is 6.04 Å². The molecule has 2 nitrogen and oxygen atoms in total. The van der Waals surface area contributed by atoms with Crippen molar-refractivity contribution in [3.05, 3.63) is 64.8 Å². The second-order valence-corrected chi connectivity index (χ2v) is 6.24. The maximum atomic E-state index is 4.56. The van der Waals surface area contributed by atoms with E-state index >= 15 is 0 Å². The third-order valence-corrected chi connectivity index (χ3v) is 4.74. The van der Waals surface area contributed by atoms with E-state index in [4.69, 9.17) is 0 Å². The Morgan fingerprint density at radius 1 is 1.24 bits per heavy atom. The molecule has 0 radical (unpaired) electrons. The fourth-order valence-electron chi connectivity index (χ4n) is 2.69. The molecule has 3 heteroatoms. The normalized spacial score (nSPS) is 12.7. The first-order chi connectivity index (χ1) is 10.3. The zero-order valence-electron chi connectivity index (χ0n) is 12.5. The lowest BCUT2D eigenvalue weighted by Gasteiger charge is -2.17. The Bertz CT molecular complexity index is 733. The van der Waals surface area contributed by atoms with Crippen LogP contribution in [0.25, 0.3) is 10.1 Å². The van der Waals surface area contributed by atoms with Gasteiger partial charge in [0.05, 0.1) is 11.7 Å². The average Bonchev–Trinajstić information content (AvgIpc) is 2.90. The molecule has 0 fully saturated rings. The number of rotatable bonds is 5. The molecule has 1 aromatic carbocycles. The maximum absolute atomic E-state index is 4.56. The third kappa shape index (κ3) is 3.14. The monoisotopic (exact) mass is 296 g/mol. The van der Waals surface area contributed by atoms with Gasteiger partial charge in [-0.3, -0.25) is 4.98 Å². The number of thiophene rings is 1. The number of aromatic nitrogens is 1. The van der Waals surface area contributed by atoms with Gasteiger partial charge in [-0.15, -0.1) is 11.3 Å². The second kappa shape index (κ2) is 6.37. The van der Waals surface area contributed by atoms with Gasteiger partial charge in [0.15, 0.2) is 0 Å². The summed E-state index contributed by atoms with van der Waals surface area (Å²) in [6, 6.07) is 13.1. The molecule has 0 amide bonds. The molecule has 0 spiro atoms. The van der Waals surface area contributed by atoms with Crippen molar-refractivity contribution < 1.29 is 0 Å². The van der Waals surface area contributed by atoms with Gasteiger partial charge >= 0.3 is 0 Å². The molecule has 1 N–H and O–H groups in total. The second-order valence-electron chi connectivity index (χ2n) is 5.33. The molecular weight excluding hydrogens is 276 g/mol. The van der Waals surface area contributed by atoms with Crippen LogP contribution in [0.2, 0.25) is 0 Å². The van der Waals surface area contributed by atoms with E-state index in [2.05, 4.69) is 59.9 Å². The third-order valence-electron chi connectivity index (χ3n) is 3.73. The Labute approximate surface area is 129 Å². The molecule has 0 bridgehead atoms. The van der Waals surface area contributed by atoms with Gasteiger partial charge in [0.1, 0.15) is 0 Å². The van der Waals surface area contributed by atoms with Crippen LogP contribution in [-0.2, 0) is 6.42 Å². The fraction of sp³-hybridized carbons (Fsp3) is 0.278. The standard InChI is InChI=1S/C18H20N2S/c1-3-19-17(16-10-13(2)8-9-20-16)11-14-12-21-18-7-5-4-6-15(14)18/h4-10,12,17,19H,3,11H2,1-2H3. The van der Waals surface area contributed by atoms with Gasteiger partial charge in [-0.2, -0.15) is 0 Å². The minimum atomic E-state index is 0.271. The van der Waals surface area contributed by atoms with Crippen LogP contribution >= 0.6 is 11.3 Å². The topological polar surface area (TPSA) is 24.9 Å². The predicted octanol–water partition coefficient (Wildman–Crippen LogP) is 4.50. The summed E-state index contributed by atoms with van der Waals surface area (Å²) in [6.07, 6.45) is 2.88. The SMILES string of the molecule is CCNC(Cc1csc2ccccc12)c1cc(C)ccn1. The zero-order chi connectivity index (χ0) is 14.7. The minimum Gasteiger partial charge on any atom is -0.309 e. The zero-order valence-corrected chi connectivity index (χ0v) is 13.3. The van der Waals surface area contributed by atoms with Crippen LogP contribution in [0, 0.1) is 6.92 Å². The number of nitrogens with zero attached hydrogens (tertiary/aromatic N) is 1. The van der Waals surface area contributed by atoms with Crippen LogP contribution in [0.5, 0.6) is 0 Å². The van der Waals surface area contributed by atoms with Crippen molar-refractivity contribution in [2.45, 2.75) is 26.3 Å². The molecule has 0 saturated carbocycles. The summed E-state index contributed by atoms with van der Waals surface area (Å²) >= 11 is 1.82. The smallest absolute Gasteiger partial charge is 0.0579 e. The van der Waals surface area contributed by atoms with Crippen molar-refractivity contribution >= 4 is 21.4 Å². The molecule has 2 aromatic heterocycles. The molecule has 1 unspecified atom stereocenters. The number of benzene rings is 1. The van der Waals surface area contributed by atoms with Gasteiger partial charge in [0.25, 0.3) is 0 Å². The maximum Gasteiger partial charge on any atom is 0.0579 e. The highest BCUT2D eigenvalue weighted by molar-refractivity contribution is 7.17. The van der Waals surface area contributed by atoms with E-state index in [9.17, 15) is 0 Å². The molecule has 0 saturated heterocycles. The van der Waals surface area contributed by atoms with Gasteiger partial charge in [-0.05, 0) is 60.0 Å². The number of hydrogen-bond acceptors (Lipinski definition) is 3. The molecule has 3 rings (SSSR count). The summed E-state index contributed by atoms with van der Waals surface area (Å²) in [7, 11) is 0. The number of likely N-dealkylation sites (N-methyl/N-ethyl adjacent to an activating group) is 1. The van der Waals surface area contributed by atoms with Crippen LogP contribution in [-0.4, -0.2) is 11.5 Å². The summed E-state index contributed by atoms with van der Waals surface area (Å²) in [5.41, 5.74) is 3.80. The van der Waals surface area contributed by atoms with Crippen LogP contribution < -0.4 is 5.32 Å². The minimum absolute atomic E-state index is 0.271. The number of nitrogens with one attached hydrogen (secondary N) is 1. The molecule has 21 heavy (non-hydrogen) atoms. The molecule has 2 heterocycles. The van der Waals surface area contributed by atoms with Crippen LogP contribution in [0.4, 0.5) is 0 Å². The summed E-state index contributed by atoms with van der Waals surface area (Å²) in [4.78, 5) is 4.56. The summed E-state index contributed by atoms with van der Waals surface area (Å²) in [6.45, 7) is 5.21. The Morgan fingerprint density at radius 3 is 2.90 bits per heavy atom. The van der Waals surface area contributed by atoms with Crippen molar-refractivity contribution in [2.24, 2.45) is 0 Å². The molecule has 0 aliphatic heterocycles. The number of aryl methyl sites for hydroxylation is 1. The average molecular weight is 296 g/mol. The van der Waals surface area contributed by atoms with Crippen molar-refractivity contribution in [3.8, 4) is 0 Å². The lowest BCUT2D eigenvalue weighted by atomic mass is 10.0. The molecule has 1 atom stereocenters. The van der Waals surface area contributed by atoms with Gasteiger partial charge in [-0.25, -0.2) is 0 Å². The Balaban J connectivity index is 1.92. The van der Waals surface area contributed by atoms with Crippen molar-refractivity contribution in [1.29, 1.82) is 0 Å². The first-order valence-electron chi connectivity index (χ1n) is 7.39. The van der Waals surface area contributed by atoms with Crippen LogP contribution in [0.3, 0.4) is 0 Å². The lowest BCUT2D eigenvalue weighted by Crippen LogP contribution is -2.23. The predicted molar refractivity (Wildman–Crippen MR) is 90.9 cm³/mol. The highest BCUT2D eigenvalue weighted by Crippen LogP contribution is 2.29. The molecule has 108 valence electrons. The molecule has 0 aliphatic rings. The first-order valence-corrected chi connectivity index (χ1v) is 8.27. The molecule has 3 aromatic rings. The Hall–Kier alpha value is -1.71. The number of hydrogen-bond donors (Lipinski definition) is 1. The summed E-state index contributed by atoms with van der Waals surface area (Å²) in [5, 5.41) is 7.23. The Kier molecular flexibility index (Phi) is 4.32. The quantitative estimate of drug-likeness (QED) is 0.750. The Morgan fingerprint density at radius 2 is 2.10 bits per heavy atom. The van der Waals surface area contributed by atoms with Gasteiger partial charge in [0, 0.05) is 10.9 Å².